The van der Waals surface area contributed by atoms with Crippen LogP contribution in [0.15, 0.2) is 24.4 Å². The first-order valence-corrected chi connectivity index (χ1v) is 9.75. The van der Waals surface area contributed by atoms with Crippen molar-refractivity contribution >= 4 is 22.7 Å². The molecule has 26 heavy (non-hydrogen) atoms. The third-order valence-corrected chi connectivity index (χ3v) is 5.81. The van der Waals surface area contributed by atoms with Gasteiger partial charge in [-0.05, 0) is 50.3 Å². The molecule has 5 nitrogen and oxygen atoms in total. The summed E-state index contributed by atoms with van der Waals surface area (Å²) in [4.78, 5) is 32.2. The van der Waals surface area contributed by atoms with Gasteiger partial charge in [-0.2, -0.15) is 0 Å². The molecule has 4 rings (SSSR count). The number of hydrogen-bond donors (Lipinski definition) is 1. The number of aryl methyl sites for hydroxylation is 1. The average Bonchev–Trinajstić information content (AvgIpc) is 3.23. The molecule has 2 fully saturated rings. The summed E-state index contributed by atoms with van der Waals surface area (Å²) in [7, 11) is 0. The molecule has 2 amide bonds. The minimum Gasteiger partial charge on any atom is -0.361 e. The number of nitrogens with zero attached hydrogens (tertiary/aromatic N) is 2. The molecule has 0 aliphatic carbocycles. The lowest BCUT2D eigenvalue weighted by Crippen LogP contribution is -2.40. The van der Waals surface area contributed by atoms with E-state index in [1.807, 2.05) is 16.0 Å². The van der Waals surface area contributed by atoms with Crippen LogP contribution < -0.4 is 0 Å². The van der Waals surface area contributed by atoms with Crippen molar-refractivity contribution in [2.24, 2.45) is 5.92 Å². The molecule has 0 bridgehead atoms. The van der Waals surface area contributed by atoms with E-state index < -0.39 is 0 Å². The van der Waals surface area contributed by atoms with E-state index in [-0.39, 0.29) is 17.7 Å². The highest BCUT2D eigenvalue weighted by Crippen LogP contribution is 2.24. The van der Waals surface area contributed by atoms with E-state index in [0.717, 1.165) is 37.9 Å². The van der Waals surface area contributed by atoms with Gasteiger partial charge in [0, 0.05) is 49.7 Å². The first kappa shape index (κ1) is 17.1. The summed E-state index contributed by atoms with van der Waals surface area (Å²) in [6, 6.07) is 6.39. The van der Waals surface area contributed by atoms with Crippen molar-refractivity contribution in [3.05, 3.63) is 35.5 Å². The topological polar surface area (TPSA) is 56.4 Å². The minimum atomic E-state index is -0.147. The fraction of sp³-hybridized carbons (Fsp3) is 0.524. The number of fused-ring (bicyclic) bond motifs is 1. The number of rotatable bonds is 4. The zero-order valence-electron chi connectivity index (χ0n) is 15.5. The molecule has 1 N–H and O–H groups in total. The first-order chi connectivity index (χ1) is 12.6. The van der Waals surface area contributed by atoms with Gasteiger partial charge in [0.2, 0.25) is 11.8 Å². The number of benzene rings is 1. The van der Waals surface area contributed by atoms with Gasteiger partial charge in [0.15, 0.2) is 0 Å². The van der Waals surface area contributed by atoms with Gasteiger partial charge in [0.1, 0.15) is 0 Å². The van der Waals surface area contributed by atoms with Crippen LogP contribution in [-0.2, 0) is 16.0 Å². The van der Waals surface area contributed by atoms with Crippen molar-refractivity contribution in [3.63, 3.8) is 0 Å². The molecule has 2 aromatic rings. The summed E-state index contributed by atoms with van der Waals surface area (Å²) in [6.07, 6.45) is 6.64. The van der Waals surface area contributed by atoms with Gasteiger partial charge < -0.3 is 14.8 Å². The molecule has 138 valence electrons. The number of piperidine rings is 1. The van der Waals surface area contributed by atoms with Crippen molar-refractivity contribution in [1.82, 2.24) is 14.8 Å². The standard InChI is InChI=1S/C21H27N3O2/c1-15-5-6-19-18(11-15)16(13-22-19)7-10-24-14-17(12-20(24)25)21(26)23-8-3-2-4-9-23/h5-6,11,13,17,22H,2-4,7-10,12,14H2,1H3/t17-/m0/s1. The second-order valence-corrected chi connectivity index (χ2v) is 7.74. The number of likely N-dealkylation sites (tertiary alicyclic amines) is 2. The Labute approximate surface area is 154 Å². The zero-order chi connectivity index (χ0) is 18.1. The number of carbonyl (C=O) groups excluding carboxylic acids is 2. The van der Waals surface area contributed by atoms with Crippen molar-refractivity contribution < 1.29 is 9.59 Å². The highest BCUT2D eigenvalue weighted by Gasteiger charge is 2.36. The lowest BCUT2D eigenvalue weighted by molar-refractivity contribution is -0.136. The van der Waals surface area contributed by atoms with Crippen LogP contribution >= 0.6 is 0 Å². The van der Waals surface area contributed by atoms with E-state index in [1.54, 1.807) is 0 Å². The largest absolute Gasteiger partial charge is 0.361 e. The second-order valence-electron chi connectivity index (χ2n) is 7.74. The van der Waals surface area contributed by atoms with E-state index in [9.17, 15) is 9.59 Å². The molecule has 5 heteroatoms. The normalized spacial score (nSPS) is 21.0. The van der Waals surface area contributed by atoms with Gasteiger partial charge in [-0.3, -0.25) is 9.59 Å². The monoisotopic (exact) mass is 353 g/mol. The maximum absolute atomic E-state index is 12.7. The molecule has 0 saturated carbocycles. The summed E-state index contributed by atoms with van der Waals surface area (Å²) in [6.45, 7) is 5.08. The number of carbonyl (C=O) groups is 2. The van der Waals surface area contributed by atoms with Crippen LogP contribution in [0.3, 0.4) is 0 Å². The van der Waals surface area contributed by atoms with Gasteiger partial charge in [-0.1, -0.05) is 11.6 Å². The molecule has 1 aromatic carbocycles. The van der Waals surface area contributed by atoms with Gasteiger partial charge in [0.05, 0.1) is 5.92 Å². The summed E-state index contributed by atoms with van der Waals surface area (Å²) in [5, 5.41) is 1.23. The van der Waals surface area contributed by atoms with Gasteiger partial charge in [-0.25, -0.2) is 0 Å². The molecule has 0 spiro atoms. The molecule has 2 aliphatic rings. The summed E-state index contributed by atoms with van der Waals surface area (Å²) in [5.41, 5.74) is 3.61. The minimum absolute atomic E-state index is 0.122. The van der Waals surface area contributed by atoms with Crippen molar-refractivity contribution in [2.75, 3.05) is 26.2 Å². The molecule has 0 unspecified atom stereocenters. The van der Waals surface area contributed by atoms with E-state index in [4.69, 9.17) is 0 Å². The maximum Gasteiger partial charge on any atom is 0.227 e. The van der Waals surface area contributed by atoms with Crippen LogP contribution in [0.5, 0.6) is 0 Å². The van der Waals surface area contributed by atoms with Crippen LogP contribution in [-0.4, -0.2) is 52.8 Å². The van der Waals surface area contributed by atoms with E-state index in [0.29, 0.717) is 19.5 Å². The van der Waals surface area contributed by atoms with Gasteiger partial charge in [0.25, 0.3) is 0 Å². The van der Waals surface area contributed by atoms with Crippen molar-refractivity contribution in [3.8, 4) is 0 Å². The number of amides is 2. The molecular formula is C21H27N3O2. The maximum atomic E-state index is 12.7. The Kier molecular flexibility index (Phi) is 4.70. The van der Waals surface area contributed by atoms with Crippen LogP contribution in [0, 0.1) is 12.8 Å². The molecule has 1 atom stereocenters. The number of H-pyrrole nitrogens is 1. The lowest BCUT2D eigenvalue weighted by atomic mass is 10.0. The third kappa shape index (κ3) is 3.35. The summed E-state index contributed by atoms with van der Waals surface area (Å²) < 4.78 is 0. The molecule has 0 radical (unpaired) electrons. The third-order valence-electron chi connectivity index (χ3n) is 5.81. The fourth-order valence-corrected chi connectivity index (χ4v) is 4.28. The molecule has 1 aromatic heterocycles. The highest BCUT2D eigenvalue weighted by atomic mass is 16.2. The summed E-state index contributed by atoms with van der Waals surface area (Å²) in [5.74, 6) is 0.158. The summed E-state index contributed by atoms with van der Waals surface area (Å²) >= 11 is 0. The molecule has 2 saturated heterocycles. The molecule has 3 heterocycles. The van der Waals surface area contributed by atoms with Crippen molar-refractivity contribution in [1.29, 1.82) is 0 Å². The molecule has 2 aliphatic heterocycles. The van der Waals surface area contributed by atoms with Gasteiger partial charge in [-0.15, -0.1) is 0 Å². The highest BCUT2D eigenvalue weighted by molar-refractivity contribution is 5.89. The Morgan fingerprint density at radius 2 is 2.04 bits per heavy atom. The Bertz CT molecular complexity index is 820. The van der Waals surface area contributed by atoms with Crippen LogP contribution in [0.2, 0.25) is 0 Å². The van der Waals surface area contributed by atoms with Crippen molar-refractivity contribution in [2.45, 2.75) is 39.0 Å². The second kappa shape index (κ2) is 7.14. The smallest absolute Gasteiger partial charge is 0.227 e. The number of aromatic amines is 1. The Hall–Kier alpha value is -2.30. The zero-order valence-corrected chi connectivity index (χ0v) is 15.5. The van der Waals surface area contributed by atoms with Gasteiger partial charge >= 0.3 is 0 Å². The quantitative estimate of drug-likeness (QED) is 0.919. The first-order valence-electron chi connectivity index (χ1n) is 9.75. The number of nitrogens with one attached hydrogen (secondary N) is 1. The Morgan fingerprint density at radius 1 is 1.23 bits per heavy atom. The number of aromatic nitrogens is 1. The predicted molar refractivity (Wildman–Crippen MR) is 102 cm³/mol. The van der Waals surface area contributed by atoms with E-state index >= 15 is 0 Å². The van der Waals surface area contributed by atoms with Crippen LogP contribution in [0.1, 0.15) is 36.8 Å². The van der Waals surface area contributed by atoms with Crippen LogP contribution in [0.4, 0.5) is 0 Å². The van der Waals surface area contributed by atoms with E-state index in [1.165, 1.54) is 22.9 Å². The SMILES string of the molecule is Cc1ccc2[nH]cc(CCN3C[C@@H](C(=O)N4CCCCC4)CC3=O)c2c1. The molecular weight excluding hydrogens is 326 g/mol. The predicted octanol–water partition coefficient (Wildman–Crippen LogP) is 2.88. The lowest BCUT2D eigenvalue weighted by Gasteiger charge is -2.29. The average molecular weight is 353 g/mol. The number of hydrogen-bond acceptors (Lipinski definition) is 2. The Morgan fingerprint density at radius 3 is 2.85 bits per heavy atom. The van der Waals surface area contributed by atoms with Crippen LogP contribution in [0.25, 0.3) is 10.9 Å². The fourth-order valence-electron chi connectivity index (χ4n) is 4.28. The Balaban J connectivity index is 1.38. The van der Waals surface area contributed by atoms with E-state index in [2.05, 4.69) is 30.1 Å².